The maximum atomic E-state index is 12.2. The molecule has 3 atom stereocenters. The number of nitrogens with one attached hydrogen (secondary N) is 1. The van der Waals surface area contributed by atoms with Crippen LogP contribution in [0.25, 0.3) is 0 Å². The van der Waals surface area contributed by atoms with Crippen molar-refractivity contribution < 1.29 is 14.6 Å². The Morgan fingerprint density at radius 2 is 2.17 bits per heavy atom. The molecule has 5 nitrogen and oxygen atoms in total. The summed E-state index contributed by atoms with van der Waals surface area (Å²) in [5.41, 5.74) is 4.93. The molecule has 0 aromatic carbocycles. The smallest absolute Gasteiger partial charge is 0.241 e. The molecule has 18 heavy (non-hydrogen) atoms. The number of nitrogens with two attached hydrogens (primary N) is 1. The Balaban J connectivity index is 2.69. The first-order valence-electron chi connectivity index (χ1n) is 6.65. The van der Waals surface area contributed by atoms with Gasteiger partial charge in [0, 0.05) is 18.4 Å². The van der Waals surface area contributed by atoms with Crippen LogP contribution in [-0.2, 0) is 9.53 Å². The number of hydrogen-bond donors (Lipinski definition) is 3. The van der Waals surface area contributed by atoms with Gasteiger partial charge in [-0.3, -0.25) is 4.79 Å². The molecule has 0 heterocycles. The Kier molecular flexibility index (Phi) is 4.75. The summed E-state index contributed by atoms with van der Waals surface area (Å²) in [6, 6.07) is -0.222. The van der Waals surface area contributed by atoms with Crippen LogP contribution in [0.15, 0.2) is 0 Å². The number of amides is 1. The highest BCUT2D eigenvalue weighted by Gasteiger charge is 2.62. The van der Waals surface area contributed by atoms with Gasteiger partial charge in [-0.25, -0.2) is 0 Å². The minimum atomic E-state index is -0.907. The summed E-state index contributed by atoms with van der Waals surface area (Å²) < 4.78 is 5.59. The maximum Gasteiger partial charge on any atom is 0.241 e. The lowest BCUT2D eigenvalue weighted by Gasteiger charge is -2.57. The summed E-state index contributed by atoms with van der Waals surface area (Å²) in [7, 11) is 0. The van der Waals surface area contributed by atoms with Gasteiger partial charge in [0.2, 0.25) is 5.91 Å². The van der Waals surface area contributed by atoms with Crippen LogP contribution in [0.4, 0.5) is 0 Å². The summed E-state index contributed by atoms with van der Waals surface area (Å²) in [5.74, 6) is -0.190. The second-order valence-electron chi connectivity index (χ2n) is 5.60. The number of carbonyl (C=O) groups is 1. The topological polar surface area (TPSA) is 84.6 Å². The Labute approximate surface area is 109 Å². The average Bonchev–Trinajstić information content (AvgIpc) is 2.34. The molecule has 4 N–H and O–H groups in total. The molecule has 1 aliphatic rings. The zero-order chi connectivity index (χ0) is 14.0. The molecule has 106 valence electrons. The van der Waals surface area contributed by atoms with Crippen LogP contribution in [0.5, 0.6) is 0 Å². The largest absolute Gasteiger partial charge is 0.394 e. The minimum Gasteiger partial charge on any atom is -0.394 e. The summed E-state index contributed by atoms with van der Waals surface area (Å²) in [4.78, 5) is 12.2. The fourth-order valence-corrected chi connectivity index (χ4v) is 2.41. The van der Waals surface area contributed by atoms with Gasteiger partial charge in [0.1, 0.15) is 5.54 Å². The number of carbonyl (C=O) groups excluding carboxylic acids is 1. The van der Waals surface area contributed by atoms with Gasteiger partial charge in [0.15, 0.2) is 0 Å². The minimum absolute atomic E-state index is 0.0208. The Bertz CT molecular complexity index is 303. The quantitative estimate of drug-likeness (QED) is 0.644. The molecule has 2 unspecified atom stereocenters. The van der Waals surface area contributed by atoms with Gasteiger partial charge in [-0.2, -0.15) is 0 Å². The molecule has 1 aliphatic carbocycles. The molecule has 5 heteroatoms. The number of aliphatic hydroxyl groups excluding tert-OH is 1. The lowest BCUT2D eigenvalue weighted by Crippen LogP contribution is -2.76. The van der Waals surface area contributed by atoms with E-state index in [2.05, 4.69) is 5.32 Å². The van der Waals surface area contributed by atoms with Crippen LogP contribution in [0, 0.1) is 5.41 Å². The summed E-state index contributed by atoms with van der Waals surface area (Å²) in [5, 5.41) is 11.9. The van der Waals surface area contributed by atoms with Crippen molar-refractivity contribution in [1.82, 2.24) is 5.32 Å². The summed E-state index contributed by atoms with van der Waals surface area (Å²) in [6.07, 6.45) is 1.24. The molecule has 1 amide bonds. The molecule has 0 aliphatic heterocycles. The third-order valence-corrected chi connectivity index (χ3v) is 4.28. The van der Waals surface area contributed by atoms with Crippen LogP contribution >= 0.6 is 0 Å². The highest BCUT2D eigenvalue weighted by atomic mass is 16.5. The third-order valence-electron chi connectivity index (χ3n) is 4.28. The lowest BCUT2D eigenvalue weighted by molar-refractivity contribution is -0.171. The molecule has 1 saturated carbocycles. The molecule has 1 fully saturated rings. The van der Waals surface area contributed by atoms with E-state index in [4.69, 9.17) is 15.6 Å². The second kappa shape index (κ2) is 5.55. The lowest BCUT2D eigenvalue weighted by atomic mass is 9.54. The SMILES string of the molecule is CCOC1CC(N)(C(=O)N[C@@H](CC)CO)C1(C)C. The highest BCUT2D eigenvalue weighted by molar-refractivity contribution is 5.89. The van der Waals surface area contributed by atoms with Crippen molar-refractivity contribution in [3.8, 4) is 0 Å². The van der Waals surface area contributed by atoms with Gasteiger partial charge in [-0.05, 0) is 13.3 Å². The van der Waals surface area contributed by atoms with Crippen molar-refractivity contribution in [3.63, 3.8) is 0 Å². The van der Waals surface area contributed by atoms with Crippen LogP contribution in [0.2, 0.25) is 0 Å². The molecule has 1 rings (SSSR count). The Morgan fingerprint density at radius 1 is 1.56 bits per heavy atom. The van der Waals surface area contributed by atoms with E-state index in [1.165, 1.54) is 0 Å². The normalized spacial score (nSPS) is 31.6. The zero-order valence-corrected chi connectivity index (χ0v) is 11.8. The number of hydrogen-bond acceptors (Lipinski definition) is 4. The zero-order valence-electron chi connectivity index (χ0n) is 11.8. The monoisotopic (exact) mass is 258 g/mol. The van der Waals surface area contributed by atoms with Crippen molar-refractivity contribution in [2.75, 3.05) is 13.2 Å². The van der Waals surface area contributed by atoms with Crippen LogP contribution in [0.3, 0.4) is 0 Å². The first-order valence-corrected chi connectivity index (χ1v) is 6.65. The fourth-order valence-electron chi connectivity index (χ4n) is 2.41. The van der Waals surface area contributed by atoms with E-state index in [1.54, 1.807) is 0 Å². The van der Waals surface area contributed by atoms with E-state index in [0.717, 1.165) is 0 Å². The Morgan fingerprint density at radius 3 is 2.56 bits per heavy atom. The molecular formula is C13H26N2O3. The standard InChI is InChI=1S/C13H26N2O3/c1-5-9(8-16)15-11(17)13(14)7-10(18-6-2)12(13,3)4/h9-10,16H,5-8,14H2,1-4H3,(H,15,17)/t9-,10?,13?/m0/s1. The van der Waals surface area contributed by atoms with Gasteiger partial charge < -0.3 is 20.9 Å². The van der Waals surface area contributed by atoms with E-state index in [1.807, 2.05) is 27.7 Å². The van der Waals surface area contributed by atoms with E-state index < -0.39 is 5.54 Å². The predicted octanol–water partition coefficient (Wildman–Crippen LogP) is 0.406. The first kappa shape index (κ1) is 15.4. The molecule has 0 spiro atoms. The van der Waals surface area contributed by atoms with Gasteiger partial charge in [0.25, 0.3) is 0 Å². The predicted molar refractivity (Wildman–Crippen MR) is 70.0 cm³/mol. The second-order valence-corrected chi connectivity index (χ2v) is 5.60. The van der Waals surface area contributed by atoms with Crippen molar-refractivity contribution in [2.45, 2.75) is 58.2 Å². The van der Waals surface area contributed by atoms with Crippen LogP contribution in [-0.4, -0.2) is 41.9 Å². The van der Waals surface area contributed by atoms with Crippen molar-refractivity contribution in [2.24, 2.45) is 11.1 Å². The third kappa shape index (κ3) is 2.39. The maximum absolute atomic E-state index is 12.2. The van der Waals surface area contributed by atoms with E-state index in [-0.39, 0.29) is 30.1 Å². The van der Waals surface area contributed by atoms with Gasteiger partial charge in [0.05, 0.1) is 18.8 Å². The first-order chi connectivity index (χ1) is 8.33. The van der Waals surface area contributed by atoms with Crippen molar-refractivity contribution >= 4 is 5.91 Å². The average molecular weight is 258 g/mol. The summed E-state index contributed by atoms with van der Waals surface area (Å²) in [6.45, 7) is 8.32. The van der Waals surface area contributed by atoms with E-state index in [9.17, 15) is 4.79 Å². The van der Waals surface area contributed by atoms with Crippen LogP contribution in [0.1, 0.15) is 40.5 Å². The Hall–Kier alpha value is -0.650. The van der Waals surface area contributed by atoms with Crippen molar-refractivity contribution in [3.05, 3.63) is 0 Å². The molecule has 0 aromatic rings. The van der Waals surface area contributed by atoms with Gasteiger partial charge in [-0.1, -0.05) is 20.8 Å². The molecule has 0 bridgehead atoms. The molecule has 0 radical (unpaired) electrons. The molecular weight excluding hydrogens is 232 g/mol. The van der Waals surface area contributed by atoms with Gasteiger partial charge >= 0.3 is 0 Å². The number of ether oxygens (including phenoxy) is 1. The van der Waals surface area contributed by atoms with Gasteiger partial charge in [-0.15, -0.1) is 0 Å². The van der Waals surface area contributed by atoms with E-state index in [0.29, 0.717) is 19.4 Å². The number of aliphatic hydroxyl groups is 1. The number of rotatable bonds is 6. The molecule has 0 saturated heterocycles. The van der Waals surface area contributed by atoms with Crippen molar-refractivity contribution in [1.29, 1.82) is 0 Å². The summed E-state index contributed by atoms with van der Waals surface area (Å²) >= 11 is 0. The fraction of sp³-hybridized carbons (Fsp3) is 0.923. The highest BCUT2D eigenvalue weighted by Crippen LogP contribution is 2.49. The molecule has 0 aromatic heterocycles. The van der Waals surface area contributed by atoms with E-state index >= 15 is 0 Å². The van der Waals surface area contributed by atoms with Crippen LogP contribution < -0.4 is 11.1 Å².